The highest BCUT2D eigenvalue weighted by Crippen LogP contribution is 2.25. The first-order valence-electron chi connectivity index (χ1n) is 9.37. The maximum absolute atomic E-state index is 4.51. The maximum atomic E-state index is 4.51. The van der Waals surface area contributed by atoms with Crippen molar-refractivity contribution >= 4 is 33.5 Å². The Morgan fingerprint density at radius 1 is 1.00 bits per heavy atom. The molecular formula is C22H24BrN3S. The fourth-order valence-electron chi connectivity index (χ4n) is 2.84. The lowest BCUT2D eigenvalue weighted by Gasteiger charge is -2.09. The predicted molar refractivity (Wildman–Crippen MR) is 120 cm³/mol. The van der Waals surface area contributed by atoms with Gasteiger partial charge in [-0.05, 0) is 42.7 Å². The van der Waals surface area contributed by atoms with Crippen LogP contribution in [0.5, 0.6) is 0 Å². The number of hydrogen-bond donors (Lipinski definition) is 0. The van der Waals surface area contributed by atoms with Crippen LogP contribution in [0.4, 0.5) is 0 Å². The van der Waals surface area contributed by atoms with Crippen LogP contribution >= 0.6 is 27.3 Å². The first-order chi connectivity index (χ1) is 13.3. The Balaban J connectivity index is 1.91. The van der Waals surface area contributed by atoms with Crippen molar-refractivity contribution in [1.82, 2.24) is 4.57 Å². The van der Waals surface area contributed by atoms with E-state index in [9.17, 15) is 0 Å². The molecule has 0 aliphatic rings. The molecule has 140 valence electrons. The maximum Gasteiger partial charge on any atom is 0.215 e. The number of thiazole rings is 1. The van der Waals surface area contributed by atoms with E-state index in [4.69, 9.17) is 0 Å². The van der Waals surface area contributed by atoms with Crippen LogP contribution in [0.1, 0.15) is 39.0 Å². The number of nitrogens with zero attached hydrogens (tertiary/aromatic N) is 3. The molecule has 1 aromatic heterocycles. The first kappa shape index (κ1) is 19.8. The Morgan fingerprint density at radius 3 is 2.52 bits per heavy atom. The zero-order valence-electron chi connectivity index (χ0n) is 15.5. The fourth-order valence-corrected chi connectivity index (χ4v) is 3.97. The van der Waals surface area contributed by atoms with Crippen molar-refractivity contribution in [2.45, 2.75) is 39.0 Å². The van der Waals surface area contributed by atoms with Gasteiger partial charge < -0.3 is 0 Å². The SMILES string of the molecule is CCCCCCC=NN=c1scc(-c2ccc(Br)cc2)n1-c1ccccc1. The van der Waals surface area contributed by atoms with Crippen molar-refractivity contribution in [3.8, 4) is 16.9 Å². The average Bonchev–Trinajstić information content (AvgIpc) is 3.12. The third kappa shape index (κ3) is 5.50. The van der Waals surface area contributed by atoms with Crippen LogP contribution in [-0.4, -0.2) is 10.8 Å². The summed E-state index contributed by atoms with van der Waals surface area (Å²) in [5.74, 6) is 0. The molecule has 0 radical (unpaired) electrons. The van der Waals surface area contributed by atoms with Crippen LogP contribution in [0.15, 0.2) is 74.7 Å². The summed E-state index contributed by atoms with van der Waals surface area (Å²) in [6, 6.07) is 18.7. The summed E-state index contributed by atoms with van der Waals surface area (Å²) in [5.41, 5.74) is 3.37. The quantitative estimate of drug-likeness (QED) is 0.208. The van der Waals surface area contributed by atoms with Gasteiger partial charge in [-0.1, -0.05) is 72.4 Å². The molecule has 0 fully saturated rings. The van der Waals surface area contributed by atoms with Crippen molar-refractivity contribution in [2.75, 3.05) is 0 Å². The minimum absolute atomic E-state index is 0.879. The van der Waals surface area contributed by atoms with Crippen LogP contribution in [0.3, 0.4) is 0 Å². The van der Waals surface area contributed by atoms with Gasteiger partial charge in [-0.3, -0.25) is 4.57 Å². The van der Waals surface area contributed by atoms with Crippen molar-refractivity contribution in [2.24, 2.45) is 10.2 Å². The minimum atomic E-state index is 0.879. The lowest BCUT2D eigenvalue weighted by molar-refractivity contribution is 0.685. The Bertz CT molecular complexity index is 924. The van der Waals surface area contributed by atoms with Gasteiger partial charge in [-0.25, -0.2) is 0 Å². The first-order valence-corrected chi connectivity index (χ1v) is 11.0. The van der Waals surface area contributed by atoms with Crippen molar-refractivity contribution in [3.05, 3.63) is 69.3 Å². The monoisotopic (exact) mass is 441 g/mol. The van der Waals surface area contributed by atoms with Gasteiger partial charge in [0.1, 0.15) is 0 Å². The highest BCUT2D eigenvalue weighted by molar-refractivity contribution is 9.10. The van der Waals surface area contributed by atoms with Gasteiger partial charge in [0, 0.05) is 21.8 Å². The van der Waals surface area contributed by atoms with Crippen molar-refractivity contribution in [1.29, 1.82) is 0 Å². The summed E-state index contributed by atoms with van der Waals surface area (Å²) in [5, 5.41) is 11.0. The summed E-state index contributed by atoms with van der Waals surface area (Å²) in [4.78, 5) is 0.879. The van der Waals surface area contributed by atoms with Crippen molar-refractivity contribution in [3.63, 3.8) is 0 Å². The number of halogens is 1. The Kier molecular flexibility index (Phi) is 7.60. The van der Waals surface area contributed by atoms with E-state index in [1.165, 1.54) is 25.7 Å². The molecule has 0 saturated carbocycles. The van der Waals surface area contributed by atoms with Gasteiger partial charge in [0.05, 0.1) is 5.69 Å². The van der Waals surface area contributed by atoms with Gasteiger partial charge in [0.2, 0.25) is 4.80 Å². The summed E-state index contributed by atoms with van der Waals surface area (Å²) < 4.78 is 3.24. The molecule has 2 aromatic carbocycles. The van der Waals surface area contributed by atoms with E-state index in [1.54, 1.807) is 11.3 Å². The van der Waals surface area contributed by atoms with E-state index in [0.29, 0.717) is 0 Å². The Labute approximate surface area is 173 Å². The number of unbranched alkanes of at least 4 members (excludes halogenated alkanes) is 4. The second-order valence-electron chi connectivity index (χ2n) is 6.33. The van der Waals surface area contributed by atoms with E-state index in [1.807, 2.05) is 24.4 Å². The van der Waals surface area contributed by atoms with E-state index >= 15 is 0 Å². The third-order valence-corrected chi connectivity index (χ3v) is 5.62. The molecular weight excluding hydrogens is 418 g/mol. The molecule has 0 atom stereocenters. The summed E-state index contributed by atoms with van der Waals surface area (Å²) >= 11 is 5.12. The van der Waals surface area contributed by atoms with Gasteiger partial charge in [0.25, 0.3) is 0 Å². The smallest absolute Gasteiger partial charge is 0.215 e. The Hall–Kier alpha value is -1.98. The molecule has 1 heterocycles. The summed E-state index contributed by atoms with van der Waals surface area (Å²) in [7, 11) is 0. The topological polar surface area (TPSA) is 29.6 Å². The molecule has 0 aliphatic heterocycles. The summed E-state index contributed by atoms with van der Waals surface area (Å²) in [6.45, 7) is 2.23. The lowest BCUT2D eigenvalue weighted by Crippen LogP contribution is -2.13. The van der Waals surface area contributed by atoms with Crippen LogP contribution in [0.25, 0.3) is 16.9 Å². The molecule has 0 aliphatic carbocycles. The molecule has 0 bridgehead atoms. The Morgan fingerprint density at radius 2 is 1.78 bits per heavy atom. The van der Waals surface area contributed by atoms with Crippen molar-refractivity contribution < 1.29 is 0 Å². The van der Waals surface area contributed by atoms with Crippen LogP contribution in [-0.2, 0) is 0 Å². The lowest BCUT2D eigenvalue weighted by atomic mass is 10.1. The molecule has 3 aromatic rings. The molecule has 3 nitrogen and oxygen atoms in total. The molecule has 5 heteroatoms. The van der Waals surface area contributed by atoms with Gasteiger partial charge in [-0.2, -0.15) is 5.10 Å². The standard InChI is InChI=1S/C22H24BrN3S/c1-2-3-4-5-9-16-24-25-22-26(20-10-7-6-8-11-20)21(17-27-22)18-12-14-19(23)15-13-18/h6-8,10-17H,2-5,9H2,1H3. The highest BCUT2D eigenvalue weighted by atomic mass is 79.9. The summed E-state index contributed by atoms with van der Waals surface area (Å²) in [6.07, 6.45) is 7.91. The molecule has 0 unspecified atom stereocenters. The molecule has 3 rings (SSSR count). The van der Waals surface area contributed by atoms with Crippen LogP contribution in [0, 0.1) is 0 Å². The van der Waals surface area contributed by atoms with E-state index in [-0.39, 0.29) is 0 Å². The number of hydrogen-bond acceptors (Lipinski definition) is 3. The second-order valence-corrected chi connectivity index (χ2v) is 8.08. The number of aromatic nitrogens is 1. The average molecular weight is 442 g/mol. The second kappa shape index (κ2) is 10.4. The number of para-hydroxylation sites is 1. The zero-order valence-corrected chi connectivity index (χ0v) is 17.9. The molecule has 0 amide bonds. The van der Waals surface area contributed by atoms with Crippen LogP contribution < -0.4 is 4.80 Å². The van der Waals surface area contributed by atoms with E-state index < -0.39 is 0 Å². The molecule has 0 spiro atoms. The predicted octanol–water partition coefficient (Wildman–Crippen LogP) is 6.83. The van der Waals surface area contributed by atoms with Gasteiger partial charge >= 0.3 is 0 Å². The normalized spacial score (nSPS) is 12.1. The zero-order chi connectivity index (χ0) is 18.9. The highest BCUT2D eigenvalue weighted by Gasteiger charge is 2.09. The van der Waals surface area contributed by atoms with E-state index in [2.05, 4.69) is 79.4 Å². The fraction of sp³-hybridized carbons (Fsp3) is 0.273. The minimum Gasteiger partial charge on any atom is -0.284 e. The molecule has 0 N–H and O–H groups in total. The van der Waals surface area contributed by atoms with Crippen LogP contribution in [0.2, 0.25) is 0 Å². The molecule has 27 heavy (non-hydrogen) atoms. The number of benzene rings is 2. The van der Waals surface area contributed by atoms with E-state index in [0.717, 1.165) is 32.6 Å². The molecule has 0 saturated heterocycles. The number of rotatable bonds is 8. The van der Waals surface area contributed by atoms with Gasteiger partial charge in [0.15, 0.2) is 0 Å². The largest absolute Gasteiger partial charge is 0.284 e. The van der Waals surface area contributed by atoms with Gasteiger partial charge in [-0.15, -0.1) is 16.4 Å². The third-order valence-electron chi connectivity index (χ3n) is 4.27.